The molecule has 1 fully saturated rings. The Morgan fingerprint density at radius 1 is 1.38 bits per heavy atom. The summed E-state index contributed by atoms with van der Waals surface area (Å²) in [6.45, 7) is 3.78. The number of carboxylic acids is 1. The normalized spacial score (nSPS) is 21.5. The summed E-state index contributed by atoms with van der Waals surface area (Å²) in [6.07, 6.45) is 0.674. The number of carbonyl (C=O) groups is 1. The minimum absolute atomic E-state index is 0.555. The summed E-state index contributed by atoms with van der Waals surface area (Å²) in [5.74, 6) is 0.893. The highest BCUT2D eigenvalue weighted by Gasteiger charge is 2.40. The molecule has 1 aliphatic heterocycles. The van der Waals surface area contributed by atoms with Gasteiger partial charge in [0.15, 0.2) is 10.8 Å². The summed E-state index contributed by atoms with van der Waals surface area (Å²) in [7, 11) is 0. The van der Waals surface area contributed by atoms with Gasteiger partial charge in [0.2, 0.25) is 0 Å². The molecule has 1 unspecified atom stereocenters. The van der Waals surface area contributed by atoms with Crippen LogP contribution in [0.5, 0.6) is 0 Å². The average Bonchev–Trinajstić information content (AvgIpc) is 3.26. The van der Waals surface area contributed by atoms with Crippen LogP contribution in [0.3, 0.4) is 0 Å². The van der Waals surface area contributed by atoms with E-state index in [4.69, 9.17) is 4.42 Å². The number of aliphatic carboxylic acids is 1. The van der Waals surface area contributed by atoms with E-state index in [-0.39, 0.29) is 0 Å². The van der Waals surface area contributed by atoms with Gasteiger partial charge >= 0.3 is 5.97 Å². The number of thiazole rings is 1. The minimum atomic E-state index is -0.723. The molecule has 24 heavy (non-hydrogen) atoms. The fourth-order valence-electron chi connectivity index (χ4n) is 3.14. The van der Waals surface area contributed by atoms with E-state index in [9.17, 15) is 9.90 Å². The molecule has 6 heteroatoms. The summed E-state index contributed by atoms with van der Waals surface area (Å²) in [6, 6.07) is 11.9. The largest absolute Gasteiger partial charge is 0.481 e. The van der Waals surface area contributed by atoms with E-state index in [1.165, 1.54) is 0 Å². The second kappa shape index (κ2) is 5.72. The Hall–Kier alpha value is -2.18. The molecule has 0 aliphatic carbocycles. The Kier molecular flexibility index (Phi) is 3.66. The zero-order valence-corrected chi connectivity index (χ0v) is 14.2. The van der Waals surface area contributed by atoms with Gasteiger partial charge in [-0.2, -0.15) is 0 Å². The maximum Gasteiger partial charge on any atom is 0.310 e. The van der Waals surface area contributed by atoms with Gasteiger partial charge < -0.3 is 9.52 Å². The van der Waals surface area contributed by atoms with Gasteiger partial charge in [-0.3, -0.25) is 9.69 Å². The van der Waals surface area contributed by atoms with Crippen LogP contribution >= 0.6 is 11.3 Å². The smallest absolute Gasteiger partial charge is 0.310 e. The Balaban J connectivity index is 1.50. The third-order valence-electron chi connectivity index (χ3n) is 4.61. The summed E-state index contributed by atoms with van der Waals surface area (Å²) >= 11 is 1.61. The van der Waals surface area contributed by atoms with Crippen LogP contribution in [0.1, 0.15) is 19.1 Å². The first-order valence-corrected chi connectivity index (χ1v) is 8.76. The molecule has 3 heterocycles. The first-order chi connectivity index (χ1) is 11.5. The molecule has 5 nitrogen and oxygen atoms in total. The molecule has 2 aromatic heterocycles. The van der Waals surface area contributed by atoms with Crippen molar-refractivity contribution in [1.82, 2.24) is 9.88 Å². The highest BCUT2D eigenvalue weighted by molar-refractivity contribution is 7.21. The second-order valence-electron chi connectivity index (χ2n) is 6.58. The summed E-state index contributed by atoms with van der Waals surface area (Å²) in [4.78, 5) is 18.1. The van der Waals surface area contributed by atoms with Crippen LogP contribution < -0.4 is 0 Å². The second-order valence-corrected chi connectivity index (χ2v) is 7.61. The van der Waals surface area contributed by atoms with Crippen molar-refractivity contribution in [2.45, 2.75) is 19.9 Å². The number of benzene rings is 1. The Morgan fingerprint density at radius 2 is 2.21 bits per heavy atom. The number of rotatable bonds is 4. The monoisotopic (exact) mass is 342 g/mol. The molecule has 1 atom stereocenters. The Morgan fingerprint density at radius 3 is 2.96 bits per heavy atom. The Labute approximate surface area is 143 Å². The van der Waals surface area contributed by atoms with Crippen LogP contribution in [0, 0.1) is 5.41 Å². The van der Waals surface area contributed by atoms with Crippen LogP contribution in [0.25, 0.3) is 21.0 Å². The van der Waals surface area contributed by atoms with Gasteiger partial charge in [-0.25, -0.2) is 4.98 Å². The third-order valence-corrected chi connectivity index (χ3v) is 5.67. The van der Waals surface area contributed by atoms with E-state index in [2.05, 4.69) is 16.0 Å². The summed E-state index contributed by atoms with van der Waals surface area (Å²) in [5.41, 5.74) is 0.329. The van der Waals surface area contributed by atoms with Crippen LogP contribution in [0.4, 0.5) is 0 Å². The van der Waals surface area contributed by atoms with Gasteiger partial charge in [-0.15, -0.1) is 11.3 Å². The fraction of sp³-hybridized carbons (Fsp3) is 0.333. The number of likely N-dealkylation sites (tertiary alicyclic amines) is 1. The van der Waals surface area contributed by atoms with Gasteiger partial charge in [-0.05, 0) is 44.2 Å². The molecule has 4 rings (SSSR count). The number of furan rings is 1. The first kappa shape index (κ1) is 15.4. The predicted octanol–water partition coefficient (Wildman–Crippen LogP) is 3.85. The van der Waals surface area contributed by atoms with E-state index < -0.39 is 11.4 Å². The lowest BCUT2D eigenvalue weighted by molar-refractivity contribution is -0.147. The van der Waals surface area contributed by atoms with Crippen molar-refractivity contribution in [2.75, 3.05) is 13.1 Å². The van der Waals surface area contributed by atoms with Crippen molar-refractivity contribution >= 4 is 27.5 Å². The number of fused-ring (bicyclic) bond motifs is 1. The molecule has 0 spiro atoms. The zero-order chi connectivity index (χ0) is 16.7. The number of nitrogens with zero attached hydrogens (tertiary/aromatic N) is 2. The van der Waals surface area contributed by atoms with E-state index in [0.29, 0.717) is 19.5 Å². The molecule has 1 N–H and O–H groups in total. The topological polar surface area (TPSA) is 66.6 Å². The van der Waals surface area contributed by atoms with Crippen molar-refractivity contribution in [1.29, 1.82) is 0 Å². The molecule has 1 aliphatic rings. The first-order valence-electron chi connectivity index (χ1n) is 7.94. The fourth-order valence-corrected chi connectivity index (χ4v) is 4.07. The maximum absolute atomic E-state index is 11.3. The molecule has 0 saturated carbocycles. The summed E-state index contributed by atoms with van der Waals surface area (Å²) < 4.78 is 7.09. The third kappa shape index (κ3) is 2.72. The molecular weight excluding hydrogens is 324 g/mol. The number of hydrogen-bond acceptors (Lipinski definition) is 5. The van der Waals surface area contributed by atoms with Gasteiger partial charge in [0.1, 0.15) is 5.76 Å². The van der Waals surface area contributed by atoms with Crippen LogP contribution in [-0.4, -0.2) is 34.0 Å². The lowest BCUT2D eigenvalue weighted by Gasteiger charge is -2.19. The van der Waals surface area contributed by atoms with Gasteiger partial charge in [-0.1, -0.05) is 12.1 Å². The van der Waals surface area contributed by atoms with Crippen LogP contribution in [0.15, 0.2) is 40.8 Å². The van der Waals surface area contributed by atoms with Gasteiger partial charge in [0.05, 0.1) is 22.2 Å². The molecule has 124 valence electrons. The van der Waals surface area contributed by atoms with E-state index in [0.717, 1.165) is 33.3 Å². The molecule has 0 amide bonds. The quantitative estimate of drug-likeness (QED) is 0.780. The van der Waals surface area contributed by atoms with E-state index in [1.54, 1.807) is 11.3 Å². The van der Waals surface area contributed by atoms with Crippen molar-refractivity contribution in [3.05, 3.63) is 42.2 Å². The van der Waals surface area contributed by atoms with Crippen molar-refractivity contribution in [3.63, 3.8) is 0 Å². The van der Waals surface area contributed by atoms with Gasteiger partial charge in [0, 0.05) is 6.54 Å². The molecule has 0 bridgehead atoms. The molecule has 0 radical (unpaired) electrons. The molecular formula is C18H18N2O3S. The maximum atomic E-state index is 11.3. The van der Waals surface area contributed by atoms with Crippen molar-refractivity contribution in [3.8, 4) is 10.8 Å². The number of para-hydroxylation sites is 1. The molecule has 3 aromatic rings. The summed E-state index contributed by atoms with van der Waals surface area (Å²) in [5, 5.41) is 10.2. The number of aromatic nitrogens is 1. The van der Waals surface area contributed by atoms with E-state index in [1.807, 2.05) is 37.3 Å². The standard InChI is InChI=1S/C18H18N2O3S/c1-18(17(21)22)8-9-20(11-18)10-12-6-7-14(23-12)16-19-13-4-2-3-5-15(13)24-16/h2-7H,8-11H2,1H3,(H,21,22). The lowest BCUT2D eigenvalue weighted by atomic mass is 9.90. The van der Waals surface area contributed by atoms with Gasteiger partial charge in [0.25, 0.3) is 0 Å². The zero-order valence-electron chi connectivity index (χ0n) is 13.4. The minimum Gasteiger partial charge on any atom is -0.481 e. The Bertz CT molecular complexity index is 867. The lowest BCUT2D eigenvalue weighted by Crippen LogP contribution is -2.31. The molecule has 1 aromatic carbocycles. The molecule has 1 saturated heterocycles. The van der Waals surface area contributed by atoms with Crippen molar-refractivity contribution in [2.24, 2.45) is 5.41 Å². The predicted molar refractivity (Wildman–Crippen MR) is 93.0 cm³/mol. The number of hydrogen-bond donors (Lipinski definition) is 1. The highest BCUT2D eigenvalue weighted by atomic mass is 32.1. The van der Waals surface area contributed by atoms with E-state index >= 15 is 0 Å². The highest BCUT2D eigenvalue weighted by Crippen LogP contribution is 2.33. The number of carboxylic acid groups (broad SMARTS) is 1. The van der Waals surface area contributed by atoms with Crippen LogP contribution in [-0.2, 0) is 11.3 Å². The van der Waals surface area contributed by atoms with Crippen molar-refractivity contribution < 1.29 is 14.3 Å². The van der Waals surface area contributed by atoms with Crippen LogP contribution in [0.2, 0.25) is 0 Å². The average molecular weight is 342 g/mol. The SMILES string of the molecule is CC1(C(=O)O)CCN(Cc2ccc(-c3nc4ccccc4s3)o2)C1.